The number of nitrogens with zero attached hydrogens (tertiary/aromatic N) is 1. The van der Waals surface area contributed by atoms with Gasteiger partial charge in [0.1, 0.15) is 18.5 Å². The number of ether oxygens (including phenoxy) is 2. The van der Waals surface area contributed by atoms with Crippen molar-refractivity contribution in [2.45, 2.75) is 38.4 Å². The van der Waals surface area contributed by atoms with Crippen LogP contribution in [0.15, 0.2) is 54.6 Å². The molecule has 0 aromatic heterocycles. The molecule has 0 aliphatic carbocycles. The number of carbonyl (C=O) groups excluding carboxylic acids is 1. The van der Waals surface area contributed by atoms with Crippen LogP contribution in [-0.2, 0) is 16.0 Å². The Morgan fingerprint density at radius 3 is 2.48 bits per heavy atom. The van der Waals surface area contributed by atoms with Crippen LogP contribution in [0.4, 0.5) is 0 Å². The van der Waals surface area contributed by atoms with E-state index in [9.17, 15) is 9.59 Å². The maximum Gasteiger partial charge on any atom is 0.335 e. The van der Waals surface area contributed by atoms with Crippen molar-refractivity contribution in [2.75, 3.05) is 19.7 Å². The number of carboxylic acids is 1. The summed E-state index contributed by atoms with van der Waals surface area (Å²) in [5.74, 6) is -0.109. The van der Waals surface area contributed by atoms with E-state index in [1.807, 2.05) is 49.1 Å². The lowest BCUT2D eigenvalue weighted by Crippen LogP contribution is -2.56. The Morgan fingerprint density at radius 2 is 1.83 bits per heavy atom. The number of hydrogen-bond acceptors (Lipinski definition) is 4. The van der Waals surface area contributed by atoms with Crippen molar-refractivity contribution in [1.29, 1.82) is 0 Å². The van der Waals surface area contributed by atoms with Gasteiger partial charge in [0.05, 0.1) is 17.7 Å². The number of amides is 1. The second-order valence-corrected chi connectivity index (χ2v) is 7.90. The zero-order valence-electron chi connectivity index (χ0n) is 16.8. The van der Waals surface area contributed by atoms with Crippen LogP contribution in [-0.4, -0.2) is 53.3 Å². The molecule has 6 nitrogen and oxygen atoms in total. The minimum atomic E-state index is -0.952. The lowest BCUT2D eigenvalue weighted by molar-refractivity contribution is -0.165. The van der Waals surface area contributed by atoms with Crippen LogP contribution in [0.5, 0.6) is 5.75 Å². The van der Waals surface area contributed by atoms with Crippen molar-refractivity contribution >= 4 is 11.9 Å². The minimum Gasteiger partial charge on any atom is -0.491 e. The largest absolute Gasteiger partial charge is 0.491 e. The number of hydrogen-bond donors (Lipinski definition) is 1. The minimum absolute atomic E-state index is 0.0633. The molecular formula is C23H27NO5. The van der Waals surface area contributed by atoms with Gasteiger partial charge in [-0.15, -0.1) is 0 Å². The maximum absolute atomic E-state index is 12.8. The summed E-state index contributed by atoms with van der Waals surface area (Å²) in [4.78, 5) is 25.6. The number of morpholine rings is 1. The summed E-state index contributed by atoms with van der Waals surface area (Å²) in [6, 6.07) is 16.2. The molecule has 1 unspecified atom stereocenters. The van der Waals surface area contributed by atoms with Gasteiger partial charge in [-0.1, -0.05) is 30.3 Å². The molecule has 6 heteroatoms. The predicted molar refractivity (Wildman–Crippen MR) is 109 cm³/mol. The summed E-state index contributed by atoms with van der Waals surface area (Å²) in [6.07, 6.45) is 0.744. The van der Waals surface area contributed by atoms with E-state index in [0.29, 0.717) is 32.5 Å². The highest BCUT2D eigenvalue weighted by molar-refractivity contribution is 5.87. The Hall–Kier alpha value is -2.86. The fourth-order valence-corrected chi connectivity index (χ4v) is 3.50. The third-order valence-corrected chi connectivity index (χ3v) is 4.84. The van der Waals surface area contributed by atoms with Crippen molar-refractivity contribution in [3.63, 3.8) is 0 Å². The number of carboxylic acid groups (broad SMARTS) is 1. The molecule has 1 aliphatic rings. The third-order valence-electron chi connectivity index (χ3n) is 4.84. The lowest BCUT2D eigenvalue weighted by atomic mass is 10.0. The molecule has 1 amide bonds. The number of aryl methyl sites for hydroxylation is 1. The SMILES string of the molecule is CC1(C)CN(C(=O)CCc2ccc(C(=O)O)cc2)CC(COc2ccccc2)O1. The Morgan fingerprint density at radius 1 is 1.14 bits per heavy atom. The van der Waals surface area contributed by atoms with Gasteiger partial charge in [0.25, 0.3) is 0 Å². The van der Waals surface area contributed by atoms with E-state index >= 15 is 0 Å². The summed E-state index contributed by atoms with van der Waals surface area (Å²) < 4.78 is 11.9. The zero-order valence-corrected chi connectivity index (χ0v) is 16.8. The molecule has 2 aromatic carbocycles. The predicted octanol–water partition coefficient (Wildman–Crippen LogP) is 3.40. The highest BCUT2D eigenvalue weighted by Crippen LogP contribution is 2.23. The van der Waals surface area contributed by atoms with Crippen LogP contribution in [0.2, 0.25) is 0 Å². The second kappa shape index (κ2) is 9.09. The van der Waals surface area contributed by atoms with Gasteiger partial charge in [0.15, 0.2) is 0 Å². The van der Waals surface area contributed by atoms with E-state index in [1.54, 1.807) is 24.3 Å². The Kier molecular flexibility index (Phi) is 6.54. The molecule has 0 radical (unpaired) electrons. The summed E-state index contributed by atoms with van der Waals surface area (Å²) in [6.45, 7) is 5.37. The molecule has 1 fully saturated rings. The van der Waals surface area contributed by atoms with Gasteiger partial charge >= 0.3 is 5.97 Å². The normalized spacial score (nSPS) is 18.3. The Labute approximate surface area is 171 Å². The van der Waals surface area contributed by atoms with Gasteiger partial charge in [0, 0.05) is 13.0 Å². The number of aromatic carboxylic acids is 1. The van der Waals surface area contributed by atoms with Crippen LogP contribution >= 0.6 is 0 Å². The highest BCUT2D eigenvalue weighted by atomic mass is 16.5. The van der Waals surface area contributed by atoms with Gasteiger partial charge in [0.2, 0.25) is 5.91 Å². The lowest BCUT2D eigenvalue weighted by Gasteiger charge is -2.42. The summed E-state index contributed by atoms with van der Waals surface area (Å²) in [5.41, 5.74) is 0.748. The number of carbonyl (C=O) groups is 2. The summed E-state index contributed by atoms with van der Waals surface area (Å²) in [7, 11) is 0. The molecule has 1 heterocycles. The second-order valence-electron chi connectivity index (χ2n) is 7.90. The average molecular weight is 397 g/mol. The first-order valence-corrected chi connectivity index (χ1v) is 9.78. The molecule has 2 aromatic rings. The first kappa shape index (κ1) is 20.9. The number of benzene rings is 2. The molecule has 0 saturated carbocycles. The first-order valence-electron chi connectivity index (χ1n) is 9.78. The van der Waals surface area contributed by atoms with Gasteiger partial charge in [-0.3, -0.25) is 4.79 Å². The summed E-state index contributed by atoms with van der Waals surface area (Å²) >= 11 is 0. The molecule has 0 bridgehead atoms. The molecular weight excluding hydrogens is 370 g/mol. The zero-order chi connectivity index (χ0) is 20.9. The van der Waals surface area contributed by atoms with Gasteiger partial charge < -0.3 is 19.5 Å². The highest BCUT2D eigenvalue weighted by Gasteiger charge is 2.35. The van der Waals surface area contributed by atoms with Crippen molar-refractivity contribution in [3.05, 3.63) is 65.7 Å². The Balaban J connectivity index is 1.55. The average Bonchev–Trinajstić information content (AvgIpc) is 2.70. The summed E-state index contributed by atoms with van der Waals surface area (Å²) in [5, 5.41) is 8.97. The number of rotatable bonds is 7. The van der Waals surface area contributed by atoms with Crippen LogP contribution in [0, 0.1) is 0 Å². The monoisotopic (exact) mass is 397 g/mol. The smallest absolute Gasteiger partial charge is 0.335 e. The topological polar surface area (TPSA) is 76.1 Å². The molecule has 1 atom stereocenters. The van der Waals surface area contributed by atoms with Crippen LogP contribution in [0.25, 0.3) is 0 Å². The molecule has 1 aliphatic heterocycles. The van der Waals surface area contributed by atoms with Crippen molar-refractivity contribution < 1.29 is 24.2 Å². The van der Waals surface area contributed by atoms with E-state index in [1.165, 1.54) is 0 Å². The van der Waals surface area contributed by atoms with E-state index < -0.39 is 11.6 Å². The molecule has 1 saturated heterocycles. The first-order chi connectivity index (χ1) is 13.8. The van der Waals surface area contributed by atoms with E-state index in [2.05, 4.69) is 0 Å². The molecule has 0 spiro atoms. The van der Waals surface area contributed by atoms with E-state index in [-0.39, 0.29) is 17.6 Å². The van der Waals surface area contributed by atoms with Crippen LogP contribution < -0.4 is 4.74 Å². The number of para-hydroxylation sites is 1. The standard InChI is InChI=1S/C23H27NO5/c1-23(2)16-24(14-20(29-23)15-28-19-6-4-3-5-7-19)21(25)13-10-17-8-11-18(12-9-17)22(26)27/h3-9,11-12,20H,10,13-16H2,1-2H3,(H,26,27). The Bertz CT molecular complexity index is 832. The van der Waals surface area contributed by atoms with Gasteiger partial charge in [-0.05, 0) is 50.1 Å². The fraction of sp³-hybridized carbons (Fsp3) is 0.391. The van der Waals surface area contributed by atoms with Gasteiger partial charge in [-0.2, -0.15) is 0 Å². The molecule has 154 valence electrons. The van der Waals surface area contributed by atoms with Crippen LogP contribution in [0.3, 0.4) is 0 Å². The van der Waals surface area contributed by atoms with Crippen molar-refractivity contribution in [2.24, 2.45) is 0 Å². The fourth-order valence-electron chi connectivity index (χ4n) is 3.50. The van der Waals surface area contributed by atoms with Gasteiger partial charge in [-0.25, -0.2) is 4.79 Å². The van der Waals surface area contributed by atoms with E-state index in [4.69, 9.17) is 14.6 Å². The quantitative estimate of drug-likeness (QED) is 0.775. The van der Waals surface area contributed by atoms with Crippen LogP contribution in [0.1, 0.15) is 36.2 Å². The molecule has 1 N–H and O–H groups in total. The molecule has 3 rings (SSSR count). The molecule has 29 heavy (non-hydrogen) atoms. The third kappa shape index (κ3) is 6.06. The van der Waals surface area contributed by atoms with Crippen molar-refractivity contribution in [3.8, 4) is 5.75 Å². The van der Waals surface area contributed by atoms with Crippen molar-refractivity contribution in [1.82, 2.24) is 4.90 Å². The maximum atomic E-state index is 12.8. The van der Waals surface area contributed by atoms with E-state index in [0.717, 1.165) is 11.3 Å².